The molecule has 0 aliphatic rings. The Kier molecular flexibility index (Phi) is 36.4. The van der Waals surface area contributed by atoms with E-state index in [9.17, 15) is 14.4 Å². The molecule has 0 aromatic carbocycles. The number of esters is 3. The van der Waals surface area contributed by atoms with Crippen LogP contribution in [0, 0.1) is 5.92 Å². The highest BCUT2D eigenvalue weighted by atomic mass is 16.6. The van der Waals surface area contributed by atoms with Crippen molar-refractivity contribution in [2.75, 3.05) is 13.2 Å². The SMILES string of the molecule is CCCCCCCCCCCCCCC(=O)O[C@H](COC(=O)CCCCCCCCCCC)COC(=O)CCCCCCCCCC(C)C. The standard InChI is InChI=1S/C43H82O6/c1-5-7-9-11-13-15-16-17-19-23-28-32-36-43(46)49-40(37-47-41(44)34-30-26-22-18-14-12-10-8-6-2)38-48-42(45)35-31-27-24-20-21-25-29-33-39(3)4/h39-40H,5-38H2,1-4H3/t40-/m1/s1. The average Bonchev–Trinajstić information content (AvgIpc) is 3.08. The lowest BCUT2D eigenvalue weighted by Gasteiger charge is -2.18. The zero-order valence-electron chi connectivity index (χ0n) is 33.1. The van der Waals surface area contributed by atoms with Crippen molar-refractivity contribution in [3.8, 4) is 0 Å². The zero-order valence-corrected chi connectivity index (χ0v) is 33.1. The maximum atomic E-state index is 12.6. The summed E-state index contributed by atoms with van der Waals surface area (Å²) in [6, 6.07) is 0. The summed E-state index contributed by atoms with van der Waals surface area (Å²) in [5.74, 6) is -0.0816. The second-order valence-corrected chi connectivity index (χ2v) is 15.1. The topological polar surface area (TPSA) is 78.9 Å². The molecule has 0 aliphatic carbocycles. The number of hydrogen-bond donors (Lipinski definition) is 0. The molecule has 0 aromatic heterocycles. The van der Waals surface area contributed by atoms with Gasteiger partial charge in [-0.2, -0.15) is 0 Å². The average molecular weight is 695 g/mol. The van der Waals surface area contributed by atoms with Crippen LogP contribution in [0.3, 0.4) is 0 Å². The van der Waals surface area contributed by atoms with E-state index in [0.29, 0.717) is 19.3 Å². The molecule has 0 bridgehead atoms. The number of carbonyl (C=O) groups is 3. The van der Waals surface area contributed by atoms with Gasteiger partial charge in [-0.05, 0) is 25.2 Å². The Bertz CT molecular complexity index is 736. The van der Waals surface area contributed by atoms with Crippen LogP contribution in [0.15, 0.2) is 0 Å². The first-order chi connectivity index (χ1) is 23.9. The third-order valence-corrected chi connectivity index (χ3v) is 9.54. The Morgan fingerprint density at radius 1 is 0.388 bits per heavy atom. The second kappa shape index (κ2) is 37.7. The highest BCUT2D eigenvalue weighted by Gasteiger charge is 2.19. The molecule has 0 fully saturated rings. The zero-order chi connectivity index (χ0) is 36.0. The van der Waals surface area contributed by atoms with E-state index in [0.717, 1.165) is 63.7 Å². The van der Waals surface area contributed by atoms with Gasteiger partial charge in [0.1, 0.15) is 13.2 Å². The third kappa shape index (κ3) is 37.5. The Morgan fingerprint density at radius 2 is 0.673 bits per heavy atom. The molecule has 6 nitrogen and oxygen atoms in total. The van der Waals surface area contributed by atoms with Gasteiger partial charge in [-0.1, -0.05) is 195 Å². The van der Waals surface area contributed by atoms with Gasteiger partial charge in [-0.15, -0.1) is 0 Å². The van der Waals surface area contributed by atoms with Crippen LogP contribution in [0.2, 0.25) is 0 Å². The van der Waals surface area contributed by atoms with Crippen LogP contribution in [0.25, 0.3) is 0 Å². The van der Waals surface area contributed by atoms with Gasteiger partial charge in [0.25, 0.3) is 0 Å². The molecule has 0 aliphatic heterocycles. The Labute approximate surface area is 304 Å². The van der Waals surface area contributed by atoms with Crippen LogP contribution in [0.1, 0.15) is 233 Å². The molecule has 0 radical (unpaired) electrons. The van der Waals surface area contributed by atoms with Crippen molar-refractivity contribution in [3.63, 3.8) is 0 Å². The van der Waals surface area contributed by atoms with Crippen molar-refractivity contribution in [2.24, 2.45) is 5.92 Å². The normalized spacial score (nSPS) is 11.9. The van der Waals surface area contributed by atoms with Crippen LogP contribution in [-0.4, -0.2) is 37.2 Å². The number of ether oxygens (including phenoxy) is 3. The van der Waals surface area contributed by atoms with Crippen LogP contribution in [0.5, 0.6) is 0 Å². The van der Waals surface area contributed by atoms with E-state index in [1.165, 1.54) is 128 Å². The fraction of sp³-hybridized carbons (Fsp3) is 0.930. The van der Waals surface area contributed by atoms with Crippen molar-refractivity contribution in [2.45, 2.75) is 239 Å². The Morgan fingerprint density at radius 3 is 1.00 bits per heavy atom. The summed E-state index contributed by atoms with van der Waals surface area (Å²) in [4.78, 5) is 37.5. The van der Waals surface area contributed by atoms with E-state index in [2.05, 4.69) is 27.7 Å². The predicted octanol–water partition coefficient (Wildman–Crippen LogP) is 13.2. The van der Waals surface area contributed by atoms with E-state index >= 15 is 0 Å². The summed E-state index contributed by atoms with van der Waals surface area (Å²) in [5, 5.41) is 0. The summed E-state index contributed by atoms with van der Waals surface area (Å²) in [6.45, 7) is 8.91. The van der Waals surface area contributed by atoms with Crippen molar-refractivity contribution in [3.05, 3.63) is 0 Å². The molecule has 0 unspecified atom stereocenters. The quantitative estimate of drug-likeness (QED) is 0.0364. The van der Waals surface area contributed by atoms with Gasteiger partial charge in [0.15, 0.2) is 6.10 Å². The number of carbonyl (C=O) groups excluding carboxylic acids is 3. The van der Waals surface area contributed by atoms with Crippen LogP contribution < -0.4 is 0 Å². The molecule has 49 heavy (non-hydrogen) atoms. The minimum absolute atomic E-state index is 0.0649. The van der Waals surface area contributed by atoms with E-state index in [1.807, 2.05) is 0 Å². The first-order valence-electron chi connectivity index (χ1n) is 21.4. The van der Waals surface area contributed by atoms with E-state index in [-0.39, 0.29) is 31.1 Å². The molecule has 0 N–H and O–H groups in total. The largest absolute Gasteiger partial charge is 0.462 e. The number of rotatable bonds is 38. The van der Waals surface area contributed by atoms with E-state index in [4.69, 9.17) is 14.2 Å². The molecule has 290 valence electrons. The molecule has 0 aromatic rings. The monoisotopic (exact) mass is 695 g/mol. The first kappa shape index (κ1) is 47.4. The maximum absolute atomic E-state index is 12.6. The number of unbranched alkanes of at least 4 members (excludes halogenated alkanes) is 25. The lowest BCUT2D eigenvalue weighted by atomic mass is 10.0. The molecular weight excluding hydrogens is 612 g/mol. The maximum Gasteiger partial charge on any atom is 0.306 e. The molecule has 0 spiro atoms. The molecule has 0 rings (SSSR count). The molecule has 1 atom stereocenters. The van der Waals surface area contributed by atoms with Crippen molar-refractivity contribution >= 4 is 17.9 Å². The summed E-state index contributed by atoms with van der Waals surface area (Å²) < 4.78 is 16.6. The van der Waals surface area contributed by atoms with Gasteiger partial charge >= 0.3 is 17.9 Å². The predicted molar refractivity (Wildman–Crippen MR) is 206 cm³/mol. The molecule has 0 amide bonds. The minimum atomic E-state index is -0.758. The van der Waals surface area contributed by atoms with Crippen LogP contribution in [0.4, 0.5) is 0 Å². The lowest BCUT2D eigenvalue weighted by Crippen LogP contribution is -2.30. The first-order valence-corrected chi connectivity index (χ1v) is 21.4. The van der Waals surface area contributed by atoms with Gasteiger partial charge in [0, 0.05) is 19.3 Å². The van der Waals surface area contributed by atoms with E-state index in [1.54, 1.807) is 0 Å². The molecular formula is C43H82O6. The molecule has 0 heterocycles. The van der Waals surface area contributed by atoms with Crippen molar-refractivity contribution < 1.29 is 28.6 Å². The highest BCUT2D eigenvalue weighted by Crippen LogP contribution is 2.15. The summed E-state index contributed by atoms with van der Waals surface area (Å²) in [5.41, 5.74) is 0. The number of hydrogen-bond acceptors (Lipinski definition) is 6. The van der Waals surface area contributed by atoms with Gasteiger partial charge in [0.2, 0.25) is 0 Å². The minimum Gasteiger partial charge on any atom is -0.462 e. The lowest BCUT2D eigenvalue weighted by molar-refractivity contribution is -0.167. The fourth-order valence-corrected chi connectivity index (χ4v) is 6.27. The van der Waals surface area contributed by atoms with Gasteiger partial charge in [-0.25, -0.2) is 0 Å². The van der Waals surface area contributed by atoms with Crippen LogP contribution >= 0.6 is 0 Å². The Balaban J connectivity index is 4.34. The highest BCUT2D eigenvalue weighted by molar-refractivity contribution is 5.71. The van der Waals surface area contributed by atoms with Crippen molar-refractivity contribution in [1.29, 1.82) is 0 Å². The van der Waals surface area contributed by atoms with Crippen molar-refractivity contribution in [1.82, 2.24) is 0 Å². The smallest absolute Gasteiger partial charge is 0.306 e. The van der Waals surface area contributed by atoms with Gasteiger partial charge in [-0.3, -0.25) is 14.4 Å². The van der Waals surface area contributed by atoms with Crippen LogP contribution in [-0.2, 0) is 28.6 Å². The van der Waals surface area contributed by atoms with Gasteiger partial charge < -0.3 is 14.2 Å². The molecule has 0 saturated heterocycles. The summed E-state index contributed by atoms with van der Waals surface area (Å²) in [6.07, 6.45) is 35.2. The second-order valence-electron chi connectivity index (χ2n) is 15.1. The van der Waals surface area contributed by atoms with E-state index < -0.39 is 6.10 Å². The summed E-state index contributed by atoms with van der Waals surface area (Å²) in [7, 11) is 0. The summed E-state index contributed by atoms with van der Waals surface area (Å²) >= 11 is 0. The molecule has 6 heteroatoms. The molecule has 0 saturated carbocycles. The third-order valence-electron chi connectivity index (χ3n) is 9.54. The fourth-order valence-electron chi connectivity index (χ4n) is 6.27. The van der Waals surface area contributed by atoms with Gasteiger partial charge in [0.05, 0.1) is 0 Å². The Hall–Kier alpha value is -1.59.